The Morgan fingerprint density at radius 3 is 2.80 bits per heavy atom. The molecule has 1 aromatic heterocycles. The normalized spacial score (nSPS) is 19.6. The molecule has 0 aliphatic carbocycles. The summed E-state index contributed by atoms with van der Waals surface area (Å²) in [6, 6.07) is 1.81. The van der Waals surface area contributed by atoms with E-state index in [1.54, 1.807) is 19.5 Å². The van der Waals surface area contributed by atoms with E-state index in [9.17, 15) is 0 Å². The summed E-state index contributed by atoms with van der Waals surface area (Å²) in [5.74, 6) is 6.52. The first-order valence-electron chi connectivity index (χ1n) is 6.92. The van der Waals surface area contributed by atoms with Gasteiger partial charge in [-0.15, -0.1) is 0 Å². The Kier molecular flexibility index (Phi) is 5.31. The number of methoxy groups -OCH3 is 1. The van der Waals surface area contributed by atoms with E-state index in [1.165, 1.54) is 0 Å². The van der Waals surface area contributed by atoms with Crippen LogP contribution in [0.15, 0.2) is 18.5 Å². The second kappa shape index (κ2) is 6.99. The molecule has 3 N–H and O–H groups in total. The van der Waals surface area contributed by atoms with Crippen LogP contribution in [-0.4, -0.2) is 37.5 Å². The zero-order valence-corrected chi connectivity index (χ0v) is 12.1. The van der Waals surface area contributed by atoms with Crippen LogP contribution in [0.1, 0.15) is 31.4 Å². The molecule has 1 atom stereocenters. The number of nitrogens with zero attached hydrogens (tertiary/aromatic N) is 1. The minimum absolute atomic E-state index is 0.149. The van der Waals surface area contributed by atoms with Crippen LogP contribution >= 0.6 is 0 Å². The maximum Gasteiger partial charge on any atom is 0.137 e. The van der Waals surface area contributed by atoms with Crippen LogP contribution in [0.25, 0.3) is 0 Å². The van der Waals surface area contributed by atoms with Gasteiger partial charge in [0.1, 0.15) is 5.75 Å². The summed E-state index contributed by atoms with van der Waals surface area (Å²) in [5, 5.41) is 0. The third-order valence-electron chi connectivity index (χ3n) is 3.82. The Hall–Kier alpha value is -1.21. The van der Waals surface area contributed by atoms with Crippen molar-refractivity contribution < 1.29 is 14.2 Å². The Balaban J connectivity index is 2.27. The van der Waals surface area contributed by atoms with Gasteiger partial charge >= 0.3 is 0 Å². The van der Waals surface area contributed by atoms with E-state index in [-0.39, 0.29) is 11.6 Å². The summed E-state index contributed by atoms with van der Waals surface area (Å²) in [6.07, 6.45) is 5.07. The van der Waals surface area contributed by atoms with Gasteiger partial charge in [-0.25, -0.2) is 0 Å². The molecular weight excluding hydrogens is 258 g/mol. The van der Waals surface area contributed by atoms with Crippen molar-refractivity contribution in [3.05, 3.63) is 24.0 Å². The van der Waals surface area contributed by atoms with E-state index < -0.39 is 0 Å². The minimum atomic E-state index is -0.375. The molecule has 20 heavy (non-hydrogen) atoms. The Labute approximate surface area is 119 Å². The van der Waals surface area contributed by atoms with E-state index >= 15 is 0 Å². The van der Waals surface area contributed by atoms with Crippen molar-refractivity contribution in [2.45, 2.75) is 31.4 Å². The van der Waals surface area contributed by atoms with Gasteiger partial charge in [-0.3, -0.25) is 16.3 Å². The molecule has 1 aliphatic heterocycles. The monoisotopic (exact) mass is 281 g/mol. The summed E-state index contributed by atoms with van der Waals surface area (Å²) in [4.78, 5) is 4.22. The molecule has 0 spiro atoms. The number of hydrogen-bond donors (Lipinski definition) is 2. The number of nitrogens with one attached hydrogen (secondary N) is 1. The lowest BCUT2D eigenvalue weighted by atomic mass is 9.83. The molecule has 1 aromatic rings. The summed E-state index contributed by atoms with van der Waals surface area (Å²) in [6.45, 7) is 3.89. The fourth-order valence-corrected chi connectivity index (χ4v) is 2.72. The van der Waals surface area contributed by atoms with Crippen molar-refractivity contribution in [2.75, 3.05) is 26.9 Å². The van der Waals surface area contributed by atoms with Gasteiger partial charge in [-0.2, -0.15) is 0 Å². The molecule has 0 radical (unpaired) electrons. The molecule has 6 heteroatoms. The Morgan fingerprint density at radius 2 is 2.20 bits per heavy atom. The number of hydrogen-bond acceptors (Lipinski definition) is 6. The first-order valence-corrected chi connectivity index (χ1v) is 6.92. The standard InChI is InChI=1S/C14H23N3O3/c1-3-20-12-8-11(9-16-10-12)13(17-15)14(18-2)4-6-19-7-5-14/h8-10,13,17H,3-7,15H2,1-2H3. The highest BCUT2D eigenvalue weighted by Crippen LogP contribution is 2.37. The van der Waals surface area contributed by atoms with Crippen molar-refractivity contribution in [1.29, 1.82) is 0 Å². The average molecular weight is 281 g/mol. The van der Waals surface area contributed by atoms with Gasteiger partial charge in [0.2, 0.25) is 0 Å². The average Bonchev–Trinajstić information content (AvgIpc) is 2.50. The van der Waals surface area contributed by atoms with Crippen molar-refractivity contribution in [2.24, 2.45) is 5.84 Å². The lowest BCUT2D eigenvalue weighted by Crippen LogP contribution is -2.51. The second-order valence-electron chi connectivity index (χ2n) is 4.87. The van der Waals surface area contributed by atoms with Crippen molar-refractivity contribution >= 4 is 0 Å². The quantitative estimate of drug-likeness (QED) is 0.602. The summed E-state index contributed by atoms with van der Waals surface area (Å²) in [7, 11) is 1.72. The van der Waals surface area contributed by atoms with E-state index in [1.807, 2.05) is 13.0 Å². The molecular formula is C14H23N3O3. The first-order chi connectivity index (χ1) is 9.75. The predicted molar refractivity (Wildman–Crippen MR) is 75.3 cm³/mol. The predicted octanol–water partition coefficient (Wildman–Crippen LogP) is 1.18. The Bertz CT molecular complexity index is 422. The topological polar surface area (TPSA) is 78.6 Å². The van der Waals surface area contributed by atoms with Gasteiger partial charge in [0.25, 0.3) is 0 Å². The maximum atomic E-state index is 5.79. The third-order valence-corrected chi connectivity index (χ3v) is 3.82. The van der Waals surface area contributed by atoms with Crippen molar-refractivity contribution in [3.8, 4) is 5.75 Å². The molecule has 0 bridgehead atoms. The highest BCUT2D eigenvalue weighted by Gasteiger charge is 2.41. The van der Waals surface area contributed by atoms with Gasteiger partial charge in [0, 0.05) is 39.4 Å². The van der Waals surface area contributed by atoms with Crippen LogP contribution in [0, 0.1) is 0 Å². The first kappa shape index (κ1) is 15.2. The summed E-state index contributed by atoms with van der Waals surface area (Å²) < 4.78 is 16.7. The fraction of sp³-hybridized carbons (Fsp3) is 0.643. The highest BCUT2D eigenvalue weighted by atomic mass is 16.5. The van der Waals surface area contributed by atoms with Crippen LogP contribution in [0.3, 0.4) is 0 Å². The van der Waals surface area contributed by atoms with E-state index in [0.717, 1.165) is 24.2 Å². The van der Waals surface area contributed by atoms with Crippen LogP contribution in [0.2, 0.25) is 0 Å². The SMILES string of the molecule is CCOc1cncc(C(NN)C2(OC)CCOCC2)c1. The maximum absolute atomic E-state index is 5.79. The van der Waals surface area contributed by atoms with Crippen molar-refractivity contribution in [1.82, 2.24) is 10.4 Å². The zero-order chi connectivity index (χ0) is 14.4. The lowest BCUT2D eigenvalue weighted by molar-refractivity contribution is -0.111. The number of hydrazine groups is 1. The van der Waals surface area contributed by atoms with E-state index in [0.29, 0.717) is 19.8 Å². The van der Waals surface area contributed by atoms with Crippen LogP contribution in [-0.2, 0) is 9.47 Å². The molecule has 112 valence electrons. The van der Waals surface area contributed by atoms with Crippen LogP contribution in [0.4, 0.5) is 0 Å². The second-order valence-corrected chi connectivity index (χ2v) is 4.87. The molecule has 0 saturated carbocycles. The third kappa shape index (κ3) is 3.09. The molecule has 1 fully saturated rings. The van der Waals surface area contributed by atoms with Crippen molar-refractivity contribution in [3.63, 3.8) is 0 Å². The molecule has 1 saturated heterocycles. The van der Waals surface area contributed by atoms with Gasteiger partial charge in [-0.1, -0.05) is 0 Å². The molecule has 0 aromatic carbocycles. The lowest BCUT2D eigenvalue weighted by Gasteiger charge is -2.42. The number of nitrogens with two attached hydrogens (primary N) is 1. The molecule has 1 unspecified atom stereocenters. The molecule has 2 heterocycles. The smallest absolute Gasteiger partial charge is 0.137 e. The van der Waals surface area contributed by atoms with E-state index in [2.05, 4.69) is 10.4 Å². The molecule has 6 nitrogen and oxygen atoms in total. The fourth-order valence-electron chi connectivity index (χ4n) is 2.72. The minimum Gasteiger partial charge on any atom is -0.492 e. The van der Waals surface area contributed by atoms with Gasteiger partial charge in [0.15, 0.2) is 0 Å². The molecule has 2 rings (SSSR count). The Morgan fingerprint density at radius 1 is 1.45 bits per heavy atom. The number of pyridine rings is 1. The molecule has 1 aliphatic rings. The van der Waals surface area contributed by atoms with Gasteiger partial charge in [-0.05, 0) is 18.6 Å². The summed E-state index contributed by atoms with van der Waals surface area (Å²) >= 11 is 0. The largest absolute Gasteiger partial charge is 0.492 e. The van der Waals surface area contributed by atoms with Gasteiger partial charge < -0.3 is 14.2 Å². The van der Waals surface area contributed by atoms with Crippen LogP contribution < -0.4 is 16.0 Å². The number of ether oxygens (including phenoxy) is 3. The summed E-state index contributed by atoms with van der Waals surface area (Å²) in [5.41, 5.74) is 3.46. The van der Waals surface area contributed by atoms with E-state index in [4.69, 9.17) is 20.1 Å². The van der Waals surface area contributed by atoms with Gasteiger partial charge in [0.05, 0.1) is 24.4 Å². The molecule has 0 amide bonds. The zero-order valence-electron chi connectivity index (χ0n) is 12.1. The number of aromatic nitrogens is 1. The highest BCUT2D eigenvalue weighted by molar-refractivity contribution is 5.28. The van der Waals surface area contributed by atoms with Crippen LogP contribution in [0.5, 0.6) is 5.75 Å². The number of rotatable bonds is 6.